The van der Waals surface area contributed by atoms with Crippen LogP contribution in [0, 0.1) is 13.8 Å². The Morgan fingerprint density at radius 3 is 1.36 bits per heavy atom. The van der Waals surface area contributed by atoms with Gasteiger partial charge in [0.15, 0.2) is 0 Å². The number of hydrogen-bond acceptors (Lipinski definition) is 3. The average molecular weight is 727 g/mol. The molecule has 0 saturated carbocycles. The smallest absolute Gasteiger partial charge is 0.297 e. The molecule has 10 rings (SSSR count). The zero-order chi connectivity index (χ0) is 39.2. The van der Waals surface area contributed by atoms with E-state index in [4.69, 9.17) is 4.42 Å². The van der Waals surface area contributed by atoms with E-state index in [1.807, 2.05) is 0 Å². The van der Waals surface area contributed by atoms with Crippen LogP contribution in [0.3, 0.4) is 0 Å². The topological polar surface area (TPSA) is 19.6 Å². The third kappa shape index (κ3) is 4.69. The first-order chi connectivity index (χ1) is 25.5. The predicted octanol–water partition coefficient (Wildman–Crippen LogP) is 11.9. The van der Waals surface area contributed by atoms with Crippen LogP contribution in [0.1, 0.15) is 147 Å². The zero-order valence-corrected chi connectivity index (χ0v) is 35.9. The highest BCUT2D eigenvalue weighted by atomic mass is 16.3. The summed E-state index contributed by atoms with van der Waals surface area (Å²) in [7, 11) is 0. The van der Waals surface area contributed by atoms with Crippen molar-refractivity contribution in [2.75, 3.05) is 9.80 Å². The van der Waals surface area contributed by atoms with Gasteiger partial charge in [-0.2, -0.15) is 0 Å². The molecule has 5 aliphatic rings. The third-order valence-electron chi connectivity index (χ3n) is 14.7. The van der Waals surface area contributed by atoms with Crippen molar-refractivity contribution in [3.63, 3.8) is 0 Å². The van der Waals surface area contributed by atoms with E-state index in [2.05, 4.69) is 173 Å². The maximum Gasteiger partial charge on any atom is 0.297 e. The molecule has 55 heavy (non-hydrogen) atoms. The SMILES string of the molecule is Cc1cc2c3c(c1)N(c1ccc4c(c1)C(C)(C)CC4(C)C)c1cc(C)oc1B3c1cc3c(cc1N2c1ccc2c(c1)C(C)(C)CC2(C)C)C(C)(C)CC3(C)C. The Morgan fingerprint density at radius 1 is 0.455 bits per heavy atom. The quantitative estimate of drug-likeness (QED) is 0.165. The van der Waals surface area contributed by atoms with Crippen LogP contribution in [-0.4, -0.2) is 6.71 Å². The minimum Gasteiger partial charge on any atom is -0.473 e. The Hall–Kier alpha value is -4.18. The van der Waals surface area contributed by atoms with Crippen molar-refractivity contribution in [3.05, 3.63) is 111 Å². The van der Waals surface area contributed by atoms with Gasteiger partial charge in [0.05, 0.1) is 11.3 Å². The second-order valence-corrected chi connectivity index (χ2v) is 22.2. The number of benzene rings is 4. The van der Waals surface area contributed by atoms with Crippen LogP contribution < -0.4 is 26.4 Å². The molecule has 0 fully saturated rings. The summed E-state index contributed by atoms with van der Waals surface area (Å²) in [4.78, 5) is 5.17. The van der Waals surface area contributed by atoms with Crippen LogP contribution in [0.4, 0.5) is 34.1 Å². The van der Waals surface area contributed by atoms with Crippen LogP contribution in [0.2, 0.25) is 0 Å². The Balaban J connectivity index is 1.28. The van der Waals surface area contributed by atoms with Crippen molar-refractivity contribution in [3.8, 4) is 0 Å². The van der Waals surface area contributed by atoms with Gasteiger partial charge in [-0.25, -0.2) is 0 Å². The number of fused-ring (bicyclic) bond motifs is 7. The number of hydrogen-bond donors (Lipinski definition) is 0. The minimum atomic E-state index is -0.0174. The summed E-state index contributed by atoms with van der Waals surface area (Å²) < 4.78 is 6.96. The van der Waals surface area contributed by atoms with Gasteiger partial charge >= 0.3 is 0 Å². The van der Waals surface area contributed by atoms with Crippen molar-refractivity contribution < 1.29 is 4.42 Å². The standard InChI is InChI=1S/C51H59BN2O/c1-29-19-41-44-42(20-29)54(32-16-18-34-36(23-32)49(9,10)27-47(34,5)6)43-21-30(2)55-45(43)52(44)39-24-37-38(51(13,14)28-50(37,11)12)25-40(39)53(41)31-15-17-33-35(22-31)48(7,8)26-46(33,3)4/h15-25H,26-28H2,1-14H3. The van der Waals surface area contributed by atoms with Crippen molar-refractivity contribution in [1.29, 1.82) is 0 Å². The van der Waals surface area contributed by atoms with E-state index in [-0.39, 0.29) is 39.2 Å². The molecular weight excluding hydrogens is 667 g/mol. The summed E-state index contributed by atoms with van der Waals surface area (Å²) in [5, 5.41) is 0. The lowest BCUT2D eigenvalue weighted by molar-refractivity contribution is 0.402. The largest absolute Gasteiger partial charge is 0.473 e. The molecule has 2 aliphatic heterocycles. The predicted molar refractivity (Wildman–Crippen MR) is 234 cm³/mol. The zero-order valence-electron chi connectivity index (χ0n) is 35.9. The Kier molecular flexibility index (Phi) is 6.67. The van der Waals surface area contributed by atoms with Crippen molar-refractivity contribution in [2.24, 2.45) is 0 Å². The van der Waals surface area contributed by atoms with Crippen LogP contribution in [0.5, 0.6) is 0 Å². The summed E-state index contributed by atoms with van der Waals surface area (Å²) >= 11 is 0. The Labute approximate surface area is 330 Å². The van der Waals surface area contributed by atoms with Gasteiger partial charge < -0.3 is 14.2 Å². The highest BCUT2D eigenvalue weighted by molar-refractivity contribution is 6.99. The van der Waals surface area contributed by atoms with Gasteiger partial charge in [0.2, 0.25) is 0 Å². The second kappa shape index (κ2) is 10.4. The van der Waals surface area contributed by atoms with Crippen LogP contribution in [0.15, 0.2) is 71.1 Å². The van der Waals surface area contributed by atoms with E-state index in [0.717, 1.165) is 30.7 Å². The summed E-state index contributed by atoms with van der Waals surface area (Å²) in [5.41, 5.74) is 22.0. The van der Waals surface area contributed by atoms with Crippen LogP contribution in [-0.2, 0) is 32.5 Å². The van der Waals surface area contributed by atoms with E-state index >= 15 is 0 Å². The van der Waals surface area contributed by atoms with Gasteiger partial charge in [-0.05, 0) is 158 Å². The molecule has 0 radical (unpaired) electrons. The molecule has 1 aromatic heterocycles. The number of nitrogens with zero attached hydrogens (tertiary/aromatic N) is 2. The van der Waals surface area contributed by atoms with E-state index in [0.29, 0.717) is 0 Å². The highest BCUT2D eigenvalue weighted by Gasteiger charge is 2.51. The molecule has 0 N–H and O–H groups in total. The number of rotatable bonds is 2. The fraction of sp³-hybridized carbons (Fsp3) is 0.451. The Morgan fingerprint density at radius 2 is 0.873 bits per heavy atom. The molecule has 3 aliphatic carbocycles. The highest BCUT2D eigenvalue weighted by Crippen LogP contribution is 2.56. The molecule has 0 unspecified atom stereocenters. The van der Waals surface area contributed by atoms with Crippen LogP contribution >= 0.6 is 0 Å². The molecule has 0 bridgehead atoms. The normalized spacial score (nSPS) is 21.8. The van der Waals surface area contributed by atoms with Crippen molar-refractivity contribution >= 4 is 57.4 Å². The first-order valence-corrected chi connectivity index (χ1v) is 20.9. The number of anilines is 6. The lowest BCUT2D eigenvalue weighted by Crippen LogP contribution is -2.61. The summed E-state index contributed by atoms with van der Waals surface area (Å²) in [6.07, 6.45) is 3.43. The maximum absolute atomic E-state index is 6.96. The Bertz CT molecular complexity index is 2520. The van der Waals surface area contributed by atoms with E-state index in [9.17, 15) is 0 Å². The summed E-state index contributed by atoms with van der Waals surface area (Å²) in [6, 6.07) is 27.1. The minimum absolute atomic E-state index is 0.0174. The second-order valence-electron chi connectivity index (χ2n) is 22.2. The molecule has 5 aromatic rings. The summed E-state index contributed by atoms with van der Waals surface area (Å²) in [5.74, 6) is 0.957. The maximum atomic E-state index is 6.96. The first-order valence-electron chi connectivity index (χ1n) is 20.9. The monoisotopic (exact) mass is 726 g/mol. The molecule has 3 nitrogen and oxygen atoms in total. The van der Waals surface area contributed by atoms with Gasteiger partial charge in [0.1, 0.15) is 5.76 Å². The molecule has 0 spiro atoms. The third-order valence-corrected chi connectivity index (χ3v) is 14.7. The van der Waals surface area contributed by atoms with Gasteiger partial charge in [-0.1, -0.05) is 101 Å². The van der Waals surface area contributed by atoms with Gasteiger partial charge in [-0.15, -0.1) is 0 Å². The van der Waals surface area contributed by atoms with Crippen LogP contribution in [0.25, 0.3) is 0 Å². The fourth-order valence-corrected chi connectivity index (χ4v) is 13.2. The summed E-state index contributed by atoms with van der Waals surface area (Å²) in [6.45, 7) is 33.6. The van der Waals surface area contributed by atoms with E-state index < -0.39 is 0 Å². The molecule has 282 valence electrons. The first kappa shape index (κ1) is 35.3. The molecule has 0 atom stereocenters. The van der Waals surface area contributed by atoms with Gasteiger partial charge in [0.25, 0.3) is 6.71 Å². The molecule has 0 amide bonds. The number of aryl methyl sites for hydroxylation is 2. The van der Waals surface area contributed by atoms with Crippen molar-refractivity contribution in [2.45, 2.75) is 149 Å². The van der Waals surface area contributed by atoms with E-state index in [1.54, 1.807) is 0 Å². The van der Waals surface area contributed by atoms with Gasteiger partial charge in [-0.3, -0.25) is 0 Å². The number of furan rings is 1. The molecule has 3 heterocycles. The van der Waals surface area contributed by atoms with Crippen molar-refractivity contribution in [1.82, 2.24) is 0 Å². The van der Waals surface area contributed by atoms with Gasteiger partial charge in [0, 0.05) is 34.5 Å². The lowest BCUT2D eigenvalue weighted by Gasteiger charge is -2.43. The fourth-order valence-electron chi connectivity index (χ4n) is 13.2. The molecule has 4 heteroatoms. The average Bonchev–Trinajstić information content (AvgIpc) is 3.66. The van der Waals surface area contributed by atoms with E-state index in [1.165, 1.54) is 84.0 Å². The molecule has 4 aromatic carbocycles. The molecular formula is C51H59BN2O. The lowest BCUT2D eigenvalue weighted by atomic mass is 9.35. The molecule has 0 saturated heterocycles.